The lowest BCUT2D eigenvalue weighted by Gasteiger charge is -2.09. The number of aromatic nitrogens is 4. The third-order valence-corrected chi connectivity index (χ3v) is 4.77. The van der Waals surface area contributed by atoms with Crippen molar-refractivity contribution < 1.29 is 9.15 Å². The molecule has 0 aliphatic rings. The molecular weight excluding hydrogens is 445 g/mol. The van der Waals surface area contributed by atoms with Crippen molar-refractivity contribution in [2.75, 3.05) is 0 Å². The fourth-order valence-electron chi connectivity index (χ4n) is 2.66. The topological polar surface area (TPSA) is 89.8 Å². The highest BCUT2D eigenvalue weighted by Gasteiger charge is 2.19. The molecule has 2 heterocycles. The van der Waals surface area contributed by atoms with Gasteiger partial charge in [-0.25, -0.2) is 0 Å². The fraction of sp³-hybridized carbons (Fsp3) is 0.333. The monoisotopic (exact) mass is 463 g/mol. The summed E-state index contributed by atoms with van der Waals surface area (Å²) >= 11 is 2.14. The van der Waals surface area contributed by atoms with Crippen molar-refractivity contribution in [1.82, 2.24) is 20.0 Å². The van der Waals surface area contributed by atoms with Crippen LogP contribution >= 0.6 is 22.6 Å². The molecule has 26 heavy (non-hydrogen) atoms. The smallest absolute Gasteiger partial charge is 0.237 e. The quantitative estimate of drug-likeness (QED) is 0.513. The van der Waals surface area contributed by atoms with Gasteiger partial charge in [-0.05, 0) is 53.6 Å². The average Bonchev–Trinajstić information content (AvgIpc) is 3.18. The average molecular weight is 463 g/mol. The van der Waals surface area contributed by atoms with Gasteiger partial charge in [-0.2, -0.15) is 10.4 Å². The lowest BCUT2D eigenvalue weighted by Crippen LogP contribution is -2.06. The highest BCUT2D eigenvalue weighted by atomic mass is 127. The number of hydrogen-bond acceptors (Lipinski definition) is 6. The highest BCUT2D eigenvalue weighted by Crippen LogP contribution is 2.32. The first-order valence-corrected chi connectivity index (χ1v) is 9.38. The van der Waals surface area contributed by atoms with Crippen LogP contribution in [0.2, 0.25) is 0 Å². The van der Waals surface area contributed by atoms with E-state index >= 15 is 0 Å². The molecule has 0 spiro atoms. The second-order valence-corrected chi connectivity index (χ2v) is 6.82. The highest BCUT2D eigenvalue weighted by molar-refractivity contribution is 14.1. The van der Waals surface area contributed by atoms with Crippen LogP contribution in [0.25, 0.3) is 0 Å². The maximum absolute atomic E-state index is 9.08. The molecule has 0 saturated heterocycles. The van der Waals surface area contributed by atoms with E-state index in [9.17, 15) is 0 Å². The molecule has 0 fully saturated rings. The largest absolute Gasteiger partial charge is 0.453 e. The van der Waals surface area contributed by atoms with Gasteiger partial charge in [0.25, 0.3) is 0 Å². The van der Waals surface area contributed by atoms with Gasteiger partial charge in [0, 0.05) is 10.5 Å². The van der Waals surface area contributed by atoms with Crippen LogP contribution < -0.4 is 4.74 Å². The lowest BCUT2D eigenvalue weighted by atomic mass is 10.2. The summed E-state index contributed by atoms with van der Waals surface area (Å²) < 4.78 is 14.3. The van der Waals surface area contributed by atoms with Crippen LogP contribution in [0.3, 0.4) is 0 Å². The number of rotatable bonds is 6. The maximum atomic E-state index is 9.08. The SMILES string of the molecule is CCc1nn(Cc2nnc(C)o2)c(CC)c1Oc1ccc(C#N)c(I)c1. The van der Waals surface area contributed by atoms with Crippen molar-refractivity contribution in [3.63, 3.8) is 0 Å². The normalized spacial score (nSPS) is 10.7. The van der Waals surface area contributed by atoms with E-state index in [-0.39, 0.29) is 0 Å². The first-order valence-electron chi connectivity index (χ1n) is 8.30. The van der Waals surface area contributed by atoms with Gasteiger partial charge in [0.1, 0.15) is 24.1 Å². The Kier molecular flexibility index (Phi) is 5.56. The van der Waals surface area contributed by atoms with Crippen molar-refractivity contribution in [2.24, 2.45) is 0 Å². The minimum Gasteiger partial charge on any atom is -0.453 e. The zero-order valence-corrected chi connectivity index (χ0v) is 16.9. The molecule has 3 aromatic rings. The molecule has 2 aromatic heterocycles. The lowest BCUT2D eigenvalue weighted by molar-refractivity contribution is 0.436. The van der Waals surface area contributed by atoms with E-state index in [1.54, 1.807) is 19.1 Å². The number of hydrogen-bond donors (Lipinski definition) is 0. The minimum atomic E-state index is 0.408. The number of nitriles is 1. The van der Waals surface area contributed by atoms with E-state index in [1.165, 1.54) is 0 Å². The Morgan fingerprint density at radius 1 is 1.27 bits per heavy atom. The predicted octanol–water partition coefficient (Wildman–Crippen LogP) is 4.02. The van der Waals surface area contributed by atoms with E-state index in [0.717, 1.165) is 33.5 Å². The standard InChI is InChI=1S/C18H18IN5O2/c1-4-15-18(26-13-7-6-12(9-20)14(19)8-13)16(5-2)24(23-15)10-17-22-21-11(3)25-17/h6-8H,4-5,10H2,1-3H3. The van der Waals surface area contributed by atoms with Crippen molar-refractivity contribution in [3.05, 3.63) is 50.5 Å². The minimum absolute atomic E-state index is 0.408. The summed E-state index contributed by atoms with van der Waals surface area (Å²) in [5.41, 5.74) is 2.47. The molecule has 0 bridgehead atoms. The van der Waals surface area contributed by atoms with E-state index < -0.39 is 0 Å². The van der Waals surface area contributed by atoms with E-state index in [4.69, 9.17) is 14.4 Å². The van der Waals surface area contributed by atoms with Crippen LogP contribution in [-0.4, -0.2) is 20.0 Å². The second kappa shape index (κ2) is 7.86. The molecule has 0 unspecified atom stereocenters. The summed E-state index contributed by atoms with van der Waals surface area (Å²) in [7, 11) is 0. The number of ether oxygens (including phenoxy) is 1. The van der Waals surface area contributed by atoms with E-state index in [0.29, 0.717) is 29.6 Å². The molecule has 134 valence electrons. The van der Waals surface area contributed by atoms with Gasteiger partial charge in [-0.3, -0.25) is 4.68 Å². The summed E-state index contributed by atoms with van der Waals surface area (Å²) in [5, 5.41) is 21.7. The van der Waals surface area contributed by atoms with Crippen LogP contribution in [0.1, 0.15) is 42.6 Å². The molecule has 0 amide bonds. The number of nitrogens with zero attached hydrogens (tertiary/aromatic N) is 5. The van der Waals surface area contributed by atoms with Crippen molar-refractivity contribution in [1.29, 1.82) is 5.26 Å². The summed E-state index contributed by atoms with van der Waals surface area (Å²) in [6, 6.07) is 7.59. The first-order chi connectivity index (χ1) is 12.5. The molecule has 7 nitrogen and oxygen atoms in total. The van der Waals surface area contributed by atoms with Crippen LogP contribution in [0.5, 0.6) is 11.5 Å². The van der Waals surface area contributed by atoms with Gasteiger partial charge < -0.3 is 9.15 Å². The summed E-state index contributed by atoms with van der Waals surface area (Å²) in [5.74, 6) is 2.49. The van der Waals surface area contributed by atoms with Crippen LogP contribution in [-0.2, 0) is 19.4 Å². The molecule has 0 aliphatic carbocycles. The summed E-state index contributed by atoms with van der Waals surface area (Å²) in [6.07, 6.45) is 1.49. The Bertz CT molecular complexity index is 971. The number of halogens is 1. The first kappa shape index (κ1) is 18.4. The molecule has 0 atom stereocenters. The van der Waals surface area contributed by atoms with Gasteiger partial charge in [-0.1, -0.05) is 13.8 Å². The Labute approximate surface area is 165 Å². The molecule has 0 saturated carbocycles. The van der Waals surface area contributed by atoms with Crippen molar-refractivity contribution in [2.45, 2.75) is 40.2 Å². The predicted molar refractivity (Wildman–Crippen MR) is 103 cm³/mol. The summed E-state index contributed by atoms with van der Waals surface area (Å²) in [4.78, 5) is 0. The van der Waals surface area contributed by atoms with Gasteiger partial charge in [0.2, 0.25) is 11.8 Å². The van der Waals surface area contributed by atoms with E-state index in [1.807, 2.05) is 17.7 Å². The number of benzene rings is 1. The Hall–Kier alpha value is -2.41. The third-order valence-electron chi connectivity index (χ3n) is 3.88. The summed E-state index contributed by atoms with van der Waals surface area (Å²) in [6.45, 7) is 6.27. The third kappa shape index (κ3) is 3.72. The Balaban J connectivity index is 1.95. The van der Waals surface area contributed by atoms with Gasteiger partial charge in [-0.15, -0.1) is 10.2 Å². The van der Waals surface area contributed by atoms with Crippen molar-refractivity contribution >= 4 is 22.6 Å². The number of aryl methyl sites for hydroxylation is 2. The van der Waals surface area contributed by atoms with Gasteiger partial charge in [0.15, 0.2) is 5.75 Å². The second-order valence-electron chi connectivity index (χ2n) is 5.66. The maximum Gasteiger partial charge on any atom is 0.237 e. The zero-order valence-electron chi connectivity index (χ0n) is 14.8. The molecular formula is C18H18IN5O2. The van der Waals surface area contributed by atoms with E-state index in [2.05, 4.69) is 50.9 Å². The van der Waals surface area contributed by atoms with Gasteiger partial charge >= 0.3 is 0 Å². The van der Waals surface area contributed by atoms with Crippen LogP contribution in [0.15, 0.2) is 22.6 Å². The van der Waals surface area contributed by atoms with Gasteiger partial charge in [0.05, 0.1) is 11.3 Å². The molecule has 8 heteroatoms. The molecule has 3 rings (SSSR count). The molecule has 0 radical (unpaired) electrons. The molecule has 0 aliphatic heterocycles. The zero-order chi connectivity index (χ0) is 18.7. The van der Waals surface area contributed by atoms with Crippen LogP contribution in [0, 0.1) is 21.8 Å². The van der Waals surface area contributed by atoms with Crippen molar-refractivity contribution in [3.8, 4) is 17.6 Å². The fourth-order valence-corrected chi connectivity index (χ4v) is 3.26. The Morgan fingerprint density at radius 2 is 2.08 bits per heavy atom. The molecule has 1 aromatic carbocycles. The van der Waals surface area contributed by atoms with Crippen LogP contribution in [0.4, 0.5) is 0 Å². The Morgan fingerprint density at radius 3 is 2.65 bits per heavy atom. The molecule has 0 N–H and O–H groups in total.